The van der Waals surface area contributed by atoms with Gasteiger partial charge in [0, 0.05) is 10.8 Å². The maximum atomic E-state index is 13.3. The van der Waals surface area contributed by atoms with Gasteiger partial charge in [-0.25, -0.2) is 4.89 Å². The summed E-state index contributed by atoms with van der Waals surface area (Å²) in [6.45, 7) is 11.3. The van der Waals surface area contributed by atoms with E-state index in [0.29, 0.717) is 32.1 Å². The molecule has 0 bridgehead atoms. The average Bonchev–Trinajstić information content (AvgIpc) is 0.674. The number of rotatable bonds is 14. The monoisotopic (exact) mass is 1240 g/mol. The van der Waals surface area contributed by atoms with Crippen LogP contribution in [-0.4, -0.2) is 291 Å². The predicted molar refractivity (Wildman–Crippen MR) is 288 cm³/mol. The van der Waals surface area contributed by atoms with Crippen molar-refractivity contribution in [3.63, 3.8) is 0 Å². The van der Waals surface area contributed by atoms with Crippen LogP contribution in [0.5, 0.6) is 0 Å². The lowest BCUT2D eigenvalue weighted by Crippen LogP contribution is -2.72. The number of hydrogen-bond acceptors (Lipinski definition) is 28. The van der Waals surface area contributed by atoms with E-state index in [0.717, 1.165) is 5.57 Å². The minimum absolute atomic E-state index is 0.142. The molecule has 10 aliphatic rings. The van der Waals surface area contributed by atoms with Crippen LogP contribution in [0.1, 0.15) is 99.8 Å². The van der Waals surface area contributed by atoms with Crippen molar-refractivity contribution in [1.82, 2.24) is 0 Å². The Morgan fingerprint density at radius 3 is 1.83 bits per heavy atom. The summed E-state index contributed by atoms with van der Waals surface area (Å²) < 4.78 is 53.4. The van der Waals surface area contributed by atoms with E-state index in [9.17, 15) is 92.1 Å². The van der Waals surface area contributed by atoms with Gasteiger partial charge < -0.3 is 129 Å². The molecular weight excluding hydrogens is 1140 g/mol. The molecule has 28 nitrogen and oxygen atoms in total. The first kappa shape index (κ1) is 67.5. The second-order valence-electron chi connectivity index (χ2n) is 28.6. The minimum atomic E-state index is -1.91. The molecule has 35 atom stereocenters. The van der Waals surface area contributed by atoms with Crippen LogP contribution in [0.2, 0.25) is 0 Å². The fraction of sp³-hybridized carbons (Fsp3) is 0.966. The molecule has 4 saturated carbocycles. The highest BCUT2D eigenvalue weighted by atomic mass is 17.1. The molecule has 5 heterocycles. The van der Waals surface area contributed by atoms with Crippen LogP contribution in [0.15, 0.2) is 11.6 Å². The van der Waals surface area contributed by atoms with Crippen molar-refractivity contribution in [3.05, 3.63) is 11.6 Å². The van der Waals surface area contributed by atoms with E-state index >= 15 is 0 Å². The van der Waals surface area contributed by atoms with Gasteiger partial charge in [-0.3, -0.25) is 5.26 Å². The zero-order valence-electron chi connectivity index (χ0n) is 49.7. The number of allylic oxidation sites excluding steroid dienone is 2. The van der Waals surface area contributed by atoms with E-state index in [1.165, 1.54) is 6.92 Å². The third-order valence-corrected chi connectivity index (χ3v) is 23.3. The fourth-order valence-electron chi connectivity index (χ4n) is 18.2. The van der Waals surface area contributed by atoms with Crippen molar-refractivity contribution in [2.45, 2.75) is 265 Å². The van der Waals surface area contributed by atoms with Gasteiger partial charge in [0.15, 0.2) is 25.2 Å². The Kier molecular flexibility index (Phi) is 19.5. The number of aliphatic hydroxyl groups excluding tert-OH is 17. The summed E-state index contributed by atoms with van der Waals surface area (Å²) in [5.74, 6) is -1.05. The van der Waals surface area contributed by atoms with Crippen LogP contribution in [0.3, 0.4) is 0 Å². The topological polar surface area (TPSA) is 456 Å². The maximum absolute atomic E-state index is 13.3. The van der Waals surface area contributed by atoms with Crippen LogP contribution in [-0.2, 0) is 47.5 Å². The first-order chi connectivity index (χ1) is 40.3. The van der Waals surface area contributed by atoms with Gasteiger partial charge in [0.2, 0.25) is 0 Å². The number of hydrogen-bond donors (Lipinski definition) is 18. The lowest BCUT2D eigenvalue weighted by atomic mass is 9.32. The molecule has 28 heteroatoms. The molecule has 9 fully saturated rings. The molecule has 18 N–H and O–H groups in total. The van der Waals surface area contributed by atoms with Crippen molar-refractivity contribution >= 4 is 0 Å². The van der Waals surface area contributed by atoms with Crippen molar-refractivity contribution in [2.24, 2.45) is 50.2 Å². The van der Waals surface area contributed by atoms with E-state index in [4.69, 9.17) is 47.5 Å². The number of fused-ring (bicyclic) bond motifs is 7. The lowest BCUT2D eigenvalue weighted by molar-refractivity contribution is -0.389. The van der Waals surface area contributed by atoms with Crippen molar-refractivity contribution in [1.29, 1.82) is 0 Å². The smallest absolute Gasteiger partial charge is 0.187 e. The molecule has 0 radical (unpaired) electrons. The van der Waals surface area contributed by atoms with Gasteiger partial charge in [-0.1, -0.05) is 53.2 Å². The van der Waals surface area contributed by atoms with Gasteiger partial charge in [-0.15, -0.1) is 0 Å². The largest absolute Gasteiger partial charge is 0.396 e. The van der Waals surface area contributed by atoms with Crippen LogP contribution in [0.4, 0.5) is 0 Å². The van der Waals surface area contributed by atoms with E-state index in [2.05, 4.69) is 40.7 Å². The normalized spacial score (nSPS) is 56.1. The van der Waals surface area contributed by atoms with Gasteiger partial charge in [0.1, 0.15) is 116 Å². The van der Waals surface area contributed by atoms with Gasteiger partial charge >= 0.3 is 0 Å². The van der Waals surface area contributed by atoms with E-state index in [1.54, 1.807) is 6.92 Å². The van der Waals surface area contributed by atoms with Gasteiger partial charge in [0.25, 0.3) is 0 Å². The molecule has 0 amide bonds. The van der Waals surface area contributed by atoms with Gasteiger partial charge in [0.05, 0.1) is 57.5 Å². The van der Waals surface area contributed by atoms with Crippen LogP contribution >= 0.6 is 0 Å². The molecular formula is C58H96O28. The fourth-order valence-corrected chi connectivity index (χ4v) is 18.2. The number of ether oxygens (including phenoxy) is 9. The predicted octanol–water partition coefficient (Wildman–Crippen LogP) is -4.63. The lowest BCUT2D eigenvalue weighted by Gasteiger charge is -2.73. The van der Waals surface area contributed by atoms with Crippen LogP contribution in [0.25, 0.3) is 0 Å². The molecule has 86 heavy (non-hydrogen) atoms. The second kappa shape index (κ2) is 24.8. The quantitative estimate of drug-likeness (QED) is 0.0337. The Morgan fingerprint density at radius 1 is 0.570 bits per heavy atom. The Labute approximate surface area is 498 Å². The molecule has 5 aliphatic carbocycles. The van der Waals surface area contributed by atoms with Crippen LogP contribution < -0.4 is 0 Å². The molecule has 5 aliphatic heterocycles. The summed E-state index contributed by atoms with van der Waals surface area (Å²) in [5, 5.41) is 200. The summed E-state index contributed by atoms with van der Waals surface area (Å²) in [6, 6.07) is 0. The SMILES string of the molecule is C[C@H]1O[C@H](O[C@@H]2[C@@H](O)[C@@H](O)CO[C@H]2[C@@H](OO)[C@]23CCC(C)(C)C[C@H]2C2=CC[C@@H]4[C@@]5(C)C[C@H](O)[C@H](O[C@@H]6O[C@H](CO[C@@H]7O[C@H](CO)[C@@H](O)[C@H](O)[C@H]7O)[C@@H](O)[C@H](O)[C@H]6O)[C@@](C)(CO)[C@@H]5CC[C@@]4(C)[C@]2(C)C[C@H]3O)[C@@H](O)[C@@H](O)[C@@H]1O[C@@H]1OC[C@@H](O)[C@H](O)[C@H]1O. The first-order valence-electron chi connectivity index (χ1n) is 30.5. The zero-order valence-corrected chi connectivity index (χ0v) is 49.7. The minimum Gasteiger partial charge on any atom is -0.396 e. The molecule has 0 aromatic carbocycles. The Morgan fingerprint density at radius 2 is 1.16 bits per heavy atom. The molecule has 0 aromatic heterocycles. The van der Waals surface area contributed by atoms with Crippen molar-refractivity contribution in [2.75, 3.05) is 33.0 Å². The van der Waals surface area contributed by atoms with Gasteiger partial charge in [-0.05, 0) is 97.7 Å². The third kappa shape index (κ3) is 10.9. The summed E-state index contributed by atoms with van der Waals surface area (Å²) in [7, 11) is 0. The number of aliphatic hydroxyl groups is 17. The van der Waals surface area contributed by atoms with Crippen LogP contribution in [0, 0.1) is 50.2 Å². The van der Waals surface area contributed by atoms with Gasteiger partial charge in [-0.2, -0.15) is 0 Å². The highest BCUT2D eigenvalue weighted by molar-refractivity contribution is 5.36. The highest BCUT2D eigenvalue weighted by Crippen LogP contribution is 2.76. The summed E-state index contributed by atoms with van der Waals surface area (Å²) >= 11 is 0. The molecule has 496 valence electrons. The second-order valence-corrected chi connectivity index (χ2v) is 28.6. The molecule has 10 rings (SSSR count). The molecule has 5 saturated heterocycles. The van der Waals surface area contributed by atoms with E-state index in [-0.39, 0.29) is 36.5 Å². The Hall–Kier alpha value is -1.38. The highest BCUT2D eigenvalue weighted by Gasteiger charge is 2.74. The summed E-state index contributed by atoms with van der Waals surface area (Å²) in [4.78, 5) is 5.56. The van der Waals surface area contributed by atoms with E-state index < -0.39 is 232 Å². The summed E-state index contributed by atoms with van der Waals surface area (Å²) in [6.07, 6.45) is -37.2. The zero-order chi connectivity index (χ0) is 62.9. The third-order valence-electron chi connectivity index (χ3n) is 23.3. The Bertz CT molecular complexity index is 2360. The summed E-state index contributed by atoms with van der Waals surface area (Å²) in [5.41, 5.74) is -3.95. The standard InChI is InChI=1S/C58H96O28/c1-22-44(83-50-40(72)33(65)26(62)19-78-50)39(71)43(75)51(80-22)84-45-34(66)27(63)18-77-46(45)48(86-76)58-13-12-53(2,3)14-24(58)23-8-9-31-54(4)15-25(61)47(55(5,21-60)30(54)10-11-56(31,6)57(23,7)16-32(58)64)85-52-42(74)38(70)36(68)29(82-52)20-79-49-41(73)37(69)35(67)28(17-59)81-49/h8,22,24-52,59-76H,9-21H2,1-7H3/t22-,24+,25+,26-,27+,28-,29-,30-,31-,32-,33+,34+,35-,36-,37+,38+,39-,40-,41-,42-,43+,44-,45-,46-,47+,48-,49-,50+,51-,52+,54+,55+,56-,57-,58-/m1/s1. The molecule has 0 aromatic rings. The average molecular weight is 1240 g/mol. The molecule has 0 unspecified atom stereocenters. The van der Waals surface area contributed by atoms with Crippen molar-refractivity contribution < 1.29 is 140 Å². The van der Waals surface area contributed by atoms with E-state index in [1.807, 2.05) is 0 Å². The molecule has 0 spiro atoms. The Balaban J connectivity index is 0.898. The van der Waals surface area contributed by atoms with Crippen molar-refractivity contribution in [3.8, 4) is 0 Å². The first-order valence-corrected chi connectivity index (χ1v) is 30.5. The maximum Gasteiger partial charge on any atom is 0.187 e.